The number of likely N-dealkylation sites (N-methyl/N-ethyl adjacent to an activating group) is 1. The lowest BCUT2D eigenvalue weighted by Crippen LogP contribution is -2.58. The molecule has 20 heavy (non-hydrogen) atoms. The van der Waals surface area contributed by atoms with Gasteiger partial charge in [-0.2, -0.15) is 0 Å². The average molecular weight is 284 g/mol. The Kier molecular flexibility index (Phi) is 5.87. The third-order valence-electron chi connectivity index (χ3n) is 4.50. The highest BCUT2D eigenvalue weighted by Crippen LogP contribution is 2.37. The predicted molar refractivity (Wildman–Crippen MR) is 82.6 cm³/mol. The molecule has 0 aromatic heterocycles. The summed E-state index contributed by atoms with van der Waals surface area (Å²) in [5.41, 5.74) is 5.39. The molecule has 0 saturated heterocycles. The molecular formula is C16H32N2O2. The summed E-state index contributed by atoms with van der Waals surface area (Å²) in [5.74, 6) is 0.784. The van der Waals surface area contributed by atoms with Crippen LogP contribution in [0.1, 0.15) is 66.7 Å². The first-order chi connectivity index (χ1) is 9.28. The maximum absolute atomic E-state index is 12.5. The minimum atomic E-state index is -0.457. The van der Waals surface area contributed by atoms with Crippen molar-refractivity contribution >= 4 is 6.09 Å². The van der Waals surface area contributed by atoms with Gasteiger partial charge in [0.1, 0.15) is 5.60 Å². The van der Waals surface area contributed by atoms with Crippen molar-refractivity contribution < 1.29 is 9.53 Å². The van der Waals surface area contributed by atoms with Crippen LogP contribution in [0.2, 0.25) is 0 Å². The fourth-order valence-electron chi connectivity index (χ4n) is 3.18. The number of carbonyl (C=O) groups is 1. The molecule has 1 rings (SSSR count). The van der Waals surface area contributed by atoms with Crippen molar-refractivity contribution in [3.8, 4) is 0 Å². The third kappa shape index (κ3) is 4.11. The summed E-state index contributed by atoms with van der Waals surface area (Å²) in [6.07, 6.45) is 5.31. The second-order valence-electron chi connectivity index (χ2n) is 7.00. The van der Waals surface area contributed by atoms with Gasteiger partial charge in [-0.25, -0.2) is 4.79 Å². The Morgan fingerprint density at radius 1 is 1.30 bits per heavy atom. The first kappa shape index (κ1) is 17.3. The lowest BCUT2D eigenvalue weighted by Gasteiger charge is -2.47. The molecule has 0 aliphatic heterocycles. The van der Waals surface area contributed by atoms with Crippen molar-refractivity contribution in [1.82, 2.24) is 4.90 Å². The third-order valence-corrected chi connectivity index (χ3v) is 4.50. The second kappa shape index (κ2) is 6.79. The minimum absolute atomic E-state index is 0.206. The molecule has 0 radical (unpaired) electrons. The number of rotatable bonds is 4. The van der Waals surface area contributed by atoms with Crippen LogP contribution in [-0.2, 0) is 4.74 Å². The van der Waals surface area contributed by atoms with Gasteiger partial charge in [-0.1, -0.05) is 13.3 Å². The number of carbonyl (C=O) groups excluding carboxylic acids is 1. The highest BCUT2D eigenvalue weighted by molar-refractivity contribution is 5.69. The van der Waals surface area contributed by atoms with Crippen LogP contribution in [0.4, 0.5) is 4.79 Å². The van der Waals surface area contributed by atoms with E-state index in [4.69, 9.17) is 10.5 Å². The van der Waals surface area contributed by atoms with Gasteiger partial charge in [0, 0.05) is 13.1 Å². The number of ether oxygens (including phenoxy) is 1. The smallest absolute Gasteiger partial charge is 0.410 e. The van der Waals surface area contributed by atoms with E-state index < -0.39 is 5.60 Å². The van der Waals surface area contributed by atoms with Crippen molar-refractivity contribution in [2.75, 3.05) is 13.1 Å². The molecule has 0 heterocycles. The van der Waals surface area contributed by atoms with Crippen LogP contribution in [0.5, 0.6) is 0 Å². The van der Waals surface area contributed by atoms with Crippen molar-refractivity contribution in [1.29, 1.82) is 0 Å². The number of amides is 1. The van der Waals surface area contributed by atoms with Gasteiger partial charge in [0.25, 0.3) is 0 Å². The Labute approximate surface area is 124 Å². The molecule has 0 bridgehead atoms. The lowest BCUT2D eigenvalue weighted by atomic mass is 9.74. The normalized spacial score (nSPS) is 27.2. The molecule has 4 heteroatoms. The molecule has 1 saturated carbocycles. The predicted octanol–water partition coefficient (Wildman–Crippen LogP) is 3.54. The van der Waals surface area contributed by atoms with E-state index in [1.165, 1.54) is 6.42 Å². The Morgan fingerprint density at radius 3 is 2.20 bits per heavy atom. The van der Waals surface area contributed by atoms with E-state index in [0.29, 0.717) is 13.1 Å². The molecule has 0 atom stereocenters. The van der Waals surface area contributed by atoms with Gasteiger partial charge in [-0.3, -0.25) is 0 Å². The standard InChI is InChI=1S/C16H32N2O2/c1-6-13-8-10-16(12-17,11-9-13)18(7-2)14(19)20-15(3,4)5/h13H,6-12,17H2,1-5H3. The van der Waals surface area contributed by atoms with E-state index in [2.05, 4.69) is 6.92 Å². The Bertz CT molecular complexity index is 315. The van der Waals surface area contributed by atoms with E-state index in [1.54, 1.807) is 0 Å². The summed E-state index contributed by atoms with van der Waals surface area (Å²) in [5, 5.41) is 0. The summed E-state index contributed by atoms with van der Waals surface area (Å²) in [7, 11) is 0. The summed E-state index contributed by atoms with van der Waals surface area (Å²) >= 11 is 0. The Balaban J connectivity index is 2.82. The van der Waals surface area contributed by atoms with Gasteiger partial charge in [0.2, 0.25) is 0 Å². The molecule has 1 aliphatic carbocycles. The number of nitrogens with zero attached hydrogens (tertiary/aromatic N) is 1. The minimum Gasteiger partial charge on any atom is -0.444 e. The van der Waals surface area contributed by atoms with E-state index in [1.807, 2.05) is 32.6 Å². The summed E-state index contributed by atoms with van der Waals surface area (Å²) < 4.78 is 5.56. The molecule has 1 fully saturated rings. The van der Waals surface area contributed by atoms with Crippen LogP contribution < -0.4 is 5.73 Å². The Morgan fingerprint density at radius 2 is 1.85 bits per heavy atom. The van der Waals surface area contributed by atoms with Gasteiger partial charge in [-0.05, 0) is 59.3 Å². The van der Waals surface area contributed by atoms with E-state index >= 15 is 0 Å². The van der Waals surface area contributed by atoms with Crippen molar-refractivity contribution in [3.05, 3.63) is 0 Å². The fourth-order valence-corrected chi connectivity index (χ4v) is 3.18. The number of hydrogen-bond acceptors (Lipinski definition) is 3. The first-order valence-electron chi connectivity index (χ1n) is 7.98. The quantitative estimate of drug-likeness (QED) is 0.859. The maximum Gasteiger partial charge on any atom is 0.410 e. The van der Waals surface area contributed by atoms with Gasteiger partial charge in [-0.15, -0.1) is 0 Å². The molecule has 0 unspecified atom stereocenters. The first-order valence-corrected chi connectivity index (χ1v) is 7.98. The molecule has 118 valence electrons. The van der Waals surface area contributed by atoms with Crippen molar-refractivity contribution in [2.45, 2.75) is 77.9 Å². The van der Waals surface area contributed by atoms with Gasteiger partial charge in [0.05, 0.1) is 5.54 Å². The molecule has 2 N–H and O–H groups in total. The number of hydrogen-bond donors (Lipinski definition) is 1. The molecule has 0 spiro atoms. The summed E-state index contributed by atoms with van der Waals surface area (Å²) in [4.78, 5) is 14.3. The van der Waals surface area contributed by atoms with Crippen molar-refractivity contribution in [3.63, 3.8) is 0 Å². The largest absolute Gasteiger partial charge is 0.444 e. The molecule has 1 amide bonds. The highest BCUT2D eigenvalue weighted by atomic mass is 16.6. The zero-order chi connectivity index (χ0) is 15.4. The van der Waals surface area contributed by atoms with Crippen LogP contribution in [0.3, 0.4) is 0 Å². The van der Waals surface area contributed by atoms with Crippen LogP contribution >= 0.6 is 0 Å². The Hall–Kier alpha value is -0.770. The van der Waals surface area contributed by atoms with Crippen molar-refractivity contribution in [2.24, 2.45) is 11.7 Å². The monoisotopic (exact) mass is 284 g/mol. The number of nitrogens with two attached hydrogens (primary N) is 1. The lowest BCUT2D eigenvalue weighted by molar-refractivity contribution is -0.0134. The van der Waals surface area contributed by atoms with E-state index in [0.717, 1.165) is 31.6 Å². The summed E-state index contributed by atoms with van der Waals surface area (Å²) in [6.45, 7) is 11.1. The fraction of sp³-hybridized carbons (Fsp3) is 0.938. The highest BCUT2D eigenvalue weighted by Gasteiger charge is 2.42. The van der Waals surface area contributed by atoms with Crippen LogP contribution in [0.25, 0.3) is 0 Å². The zero-order valence-electron chi connectivity index (χ0n) is 13.9. The van der Waals surface area contributed by atoms with Crippen LogP contribution in [0, 0.1) is 5.92 Å². The van der Waals surface area contributed by atoms with Crippen LogP contribution in [-0.4, -0.2) is 35.2 Å². The topological polar surface area (TPSA) is 55.6 Å². The second-order valence-corrected chi connectivity index (χ2v) is 7.00. The van der Waals surface area contributed by atoms with Crippen LogP contribution in [0.15, 0.2) is 0 Å². The van der Waals surface area contributed by atoms with E-state index in [-0.39, 0.29) is 11.6 Å². The van der Waals surface area contributed by atoms with E-state index in [9.17, 15) is 4.79 Å². The van der Waals surface area contributed by atoms with Gasteiger partial charge < -0.3 is 15.4 Å². The summed E-state index contributed by atoms with van der Waals surface area (Å²) in [6, 6.07) is 0. The SMILES string of the molecule is CCC1CCC(CN)(N(CC)C(=O)OC(C)(C)C)CC1. The zero-order valence-corrected chi connectivity index (χ0v) is 13.9. The molecule has 0 aromatic carbocycles. The molecule has 0 aromatic rings. The van der Waals surface area contributed by atoms with Gasteiger partial charge >= 0.3 is 6.09 Å². The maximum atomic E-state index is 12.5. The molecule has 1 aliphatic rings. The molecular weight excluding hydrogens is 252 g/mol. The van der Waals surface area contributed by atoms with Gasteiger partial charge in [0.15, 0.2) is 0 Å². The average Bonchev–Trinajstić information content (AvgIpc) is 2.38. The molecule has 4 nitrogen and oxygen atoms in total.